The summed E-state index contributed by atoms with van der Waals surface area (Å²) in [7, 11) is 0. The molecule has 0 heterocycles. The highest BCUT2D eigenvalue weighted by molar-refractivity contribution is 6.07. The Hall–Kier alpha value is -1.44. The first-order chi connectivity index (χ1) is 10.6. The van der Waals surface area contributed by atoms with Gasteiger partial charge in [0.15, 0.2) is 5.78 Å². The van der Waals surface area contributed by atoms with E-state index in [0.717, 1.165) is 5.92 Å². The SMILES string of the molecule is CCCCC1CCC(c2ccc(C(=O)CC(C)=O)cc2)CC1. The number of rotatable bonds is 7. The Kier molecular flexibility index (Phi) is 6.35. The van der Waals surface area contributed by atoms with Gasteiger partial charge < -0.3 is 0 Å². The molecule has 2 rings (SSSR count). The summed E-state index contributed by atoms with van der Waals surface area (Å²) in [5.74, 6) is 1.43. The topological polar surface area (TPSA) is 34.1 Å². The van der Waals surface area contributed by atoms with Crippen LogP contribution in [-0.2, 0) is 4.79 Å². The Morgan fingerprint density at radius 2 is 1.68 bits per heavy atom. The lowest BCUT2D eigenvalue weighted by atomic mass is 9.77. The maximum atomic E-state index is 11.9. The van der Waals surface area contributed by atoms with Crippen LogP contribution < -0.4 is 0 Å². The van der Waals surface area contributed by atoms with Crippen molar-refractivity contribution in [2.24, 2.45) is 5.92 Å². The number of unbranched alkanes of at least 4 members (excludes halogenated alkanes) is 1. The molecular formula is C20H28O2. The minimum Gasteiger partial charge on any atom is -0.300 e. The van der Waals surface area contributed by atoms with E-state index in [1.807, 2.05) is 12.1 Å². The van der Waals surface area contributed by atoms with Crippen LogP contribution in [0.2, 0.25) is 0 Å². The van der Waals surface area contributed by atoms with E-state index in [-0.39, 0.29) is 18.0 Å². The second kappa shape index (κ2) is 8.26. The molecule has 1 aliphatic carbocycles. The number of hydrogen-bond donors (Lipinski definition) is 0. The average Bonchev–Trinajstić information content (AvgIpc) is 2.53. The van der Waals surface area contributed by atoms with Gasteiger partial charge in [0, 0.05) is 5.56 Å². The number of ketones is 2. The summed E-state index contributed by atoms with van der Waals surface area (Å²) in [6, 6.07) is 7.96. The number of carbonyl (C=O) groups is 2. The first-order valence-corrected chi connectivity index (χ1v) is 8.72. The fourth-order valence-electron chi connectivity index (χ4n) is 3.55. The predicted octanol–water partition coefficient (Wildman–Crippen LogP) is 5.31. The molecule has 1 aliphatic rings. The molecule has 1 aromatic carbocycles. The molecule has 1 saturated carbocycles. The van der Waals surface area contributed by atoms with Crippen molar-refractivity contribution in [3.05, 3.63) is 35.4 Å². The molecule has 0 bridgehead atoms. The van der Waals surface area contributed by atoms with E-state index in [2.05, 4.69) is 19.1 Å². The molecule has 120 valence electrons. The molecule has 1 fully saturated rings. The van der Waals surface area contributed by atoms with Gasteiger partial charge in [-0.25, -0.2) is 0 Å². The van der Waals surface area contributed by atoms with Crippen LogP contribution in [0.5, 0.6) is 0 Å². The lowest BCUT2D eigenvalue weighted by Crippen LogP contribution is -2.13. The van der Waals surface area contributed by atoms with E-state index in [0.29, 0.717) is 11.5 Å². The zero-order valence-electron chi connectivity index (χ0n) is 13.9. The molecule has 0 atom stereocenters. The average molecular weight is 300 g/mol. The van der Waals surface area contributed by atoms with Crippen LogP contribution in [0.15, 0.2) is 24.3 Å². The van der Waals surface area contributed by atoms with Crippen molar-refractivity contribution >= 4 is 11.6 Å². The van der Waals surface area contributed by atoms with Crippen LogP contribution in [-0.4, -0.2) is 11.6 Å². The Labute approximate surface area is 134 Å². The molecule has 0 aromatic heterocycles. The van der Waals surface area contributed by atoms with Crippen LogP contribution in [0.4, 0.5) is 0 Å². The summed E-state index contributed by atoms with van der Waals surface area (Å²) >= 11 is 0. The van der Waals surface area contributed by atoms with Crippen molar-refractivity contribution in [2.75, 3.05) is 0 Å². The summed E-state index contributed by atoms with van der Waals surface area (Å²) in [5, 5.41) is 0. The number of carbonyl (C=O) groups excluding carboxylic acids is 2. The highest BCUT2D eigenvalue weighted by atomic mass is 16.1. The molecule has 0 spiro atoms. The second-order valence-electron chi connectivity index (χ2n) is 6.78. The summed E-state index contributed by atoms with van der Waals surface area (Å²) in [6.45, 7) is 3.73. The Morgan fingerprint density at radius 3 is 2.23 bits per heavy atom. The minimum atomic E-state index is -0.0699. The highest BCUT2D eigenvalue weighted by Crippen LogP contribution is 2.37. The normalized spacial score (nSPS) is 21.5. The fourth-order valence-corrected chi connectivity index (χ4v) is 3.55. The highest BCUT2D eigenvalue weighted by Gasteiger charge is 2.22. The van der Waals surface area contributed by atoms with Gasteiger partial charge in [0.25, 0.3) is 0 Å². The maximum Gasteiger partial charge on any atom is 0.170 e. The predicted molar refractivity (Wildman–Crippen MR) is 90.3 cm³/mol. The molecule has 22 heavy (non-hydrogen) atoms. The Morgan fingerprint density at radius 1 is 1.05 bits per heavy atom. The first-order valence-electron chi connectivity index (χ1n) is 8.72. The van der Waals surface area contributed by atoms with Crippen LogP contribution in [0.1, 0.15) is 87.1 Å². The molecule has 0 radical (unpaired) electrons. The van der Waals surface area contributed by atoms with Gasteiger partial charge in [-0.15, -0.1) is 0 Å². The molecule has 0 N–H and O–H groups in total. The van der Waals surface area contributed by atoms with E-state index < -0.39 is 0 Å². The Balaban J connectivity index is 1.89. The monoisotopic (exact) mass is 300 g/mol. The summed E-state index contributed by atoms with van der Waals surface area (Å²) in [5.41, 5.74) is 2.02. The van der Waals surface area contributed by atoms with Crippen LogP contribution in [0.25, 0.3) is 0 Å². The molecule has 0 unspecified atom stereocenters. The lowest BCUT2D eigenvalue weighted by molar-refractivity contribution is -0.116. The zero-order chi connectivity index (χ0) is 15.9. The number of hydrogen-bond acceptors (Lipinski definition) is 2. The number of benzene rings is 1. The largest absolute Gasteiger partial charge is 0.300 e. The van der Waals surface area contributed by atoms with Crippen LogP contribution in [0.3, 0.4) is 0 Å². The van der Waals surface area contributed by atoms with Crippen LogP contribution >= 0.6 is 0 Å². The molecular weight excluding hydrogens is 272 g/mol. The Bertz CT molecular complexity index is 493. The van der Waals surface area contributed by atoms with Crippen molar-refractivity contribution < 1.29 is 9.59 Å². The van der Waals surface area contributed by atoms with Gasteiger partial charge in [0.05, 0.1) is 6.42 Å². The second-order valence-corrected chi connectivity index (χ2v) is 6.78. The van der Waals surface area contributed by atoms with E-state index in [1.165, 1.54) is 57.4 Å². The van der Waals surface area contributed by atoms with Crippen molar-refractivity contribution in [1.29, 1.82) is 0 Å². The third-order valence-electron chi connectivity index (χ3n) is 4.93. The zero-order valence-corrected chi connectivity index (χ0v) is 13.9. The van der Waals surface area contributed by atoms with Crippen molar-refractivity contribution in [2.45, 2.75) is 71.1 Å². The summed E-state index contributed by atoms with van der Waals surface area (Å²) < 4.78 is 0. The number of Topliss-reactive ketones (excluding diaryl/α,β-unsaturated/α-hetero) is 2. The van der Waals surface area contributed by atoms with Crippen molar-refractivity contribution in [1.82, 2.24) is 0 Å². The van der Waals surface area contributed by atoms with Gasteiger partial charge >= 0.3 is 0 Å². The molecule has 2 nitrogen and oxygen atoms in total. The van der Waals surface area contributed by atoms with E-state index in [9.17, 15) is 9.59 Å². The summed E-state index contributed by atoms with van der Waals surface area (Å²) in [6.07, 6.45) is 9.30. The first kappa shape index (κ1) is 16.9. The smallest absolute Gasteiger partial charge is 0.170 e. The van der Waals surface area contributed by atoms with Crippen molar-refractivity contribution in [3.8, 4) is 0 Å². The standard InChI is InChI=1S/C20H28O2/c1-3-4-5-16-6-8-17(9-7-16)18-10-12-19(13-11-18)20(22)14-15(2)21/h10-13,16-17H,3-9,14H2,1-2H3. The van der Waals surface area contributed by atoms with Crippen LogP contribution in [0, 0.1) is 5.92 Å². The van der Waals surface area contributed by atoms with Gasteiger partial charge in [0.2, 0.25) is 0 Å². The van der Waals surface area contributed by atoms with E-state index in [4.69, 9.17) is 0 Å². The van der Waals surface area contributed by atoms with E-state index >= 15 is 0 Å². The maximum absolute atomic E-state index is 11.9. The molecule has 0 aliphatic heterocycles. The fraction of sp³-hybridized carbons (Fsp3) is 0.600. The van der Waals surface area contributed by atoms with Crippen molar-refractivity contribution in [3.63, 3.8) is 0 Å². The van der Waals surface area contributed by atoms with Gasteiger partial charge in [-0.3, -0.25) is 9.59 Å². The summed E-state index contributed by atoms with van der Waals surface area (Å²) in [4.78, 5) is 22.9. The minimum absolute atomic E-state index is 0.0158. The lowest BCUT2D eigenvalue weighted by Gasteiger charge is -2.28. The molecule has 1 aromatic rings. The third-order valence-corrected chi connectivity index (χ3v) is 4.93. The van der Waals surface area contributed by atoms with Gasteiger partial charge in [-0.2, -0.15) is 0 Å². The van der Waals surface area contributed by atoms with E-state index in [1.54, 1.807) is 0 Å². The van der Waals surface area contributed by atoms with Gasteiger partial charge in [0.1, 0.15) is 5.78 Å². The third kappa shape index (κ3) is 4.79. The molecule has 2 heteroatoms. The molecule has 0 amide bonds. The van der Waals surface area contributed by atoms with Gasteiger partial charge in [-0.05, 0) is 50.0 Å². The molecule has 0 saturated heterocycles. The van der Waals surface area contributed by atoms with Gasteiger partial charge in [-0.1, -0.05) is 50.5 Å². The quantitative estimate of drug-likeness (QED) is 0.505.